The van der Waals surface area contributed by atoms with E-state index in [-0.39, 0.29) is 5.92 Å². The number of fused-ring (bicyclic) bond motifs is 6. The predicted molar refractivity (Wildman–Crippen MR) is 225 cm³/mol. The Labute approximate surface area is 321 Å². The molecule has 0 radical (unpaired) electrons. The van der Waals surface area contributed by atoms with Crippen molar-refractivity contribution in [3.63, 3.8) is 0 Å². The van der Waals surface area contributed by atoms with Crippen LogP contribution in [0.3, 0.4) is 0 Å². The largest absolute Gasteiger partial charge is 0.494 e. The SMILES string of the molecule is CCCCCCCCOc1ccc(C2c3cc(Br)ccc3-c3ccc(Br)c(-c4ccc5c(c4)c4ccccc4n5CCCCCCCC)c32)cc1. The molecule has 0 saturated carbocycles. The summed E-state index contributed by atoms with van der Waals surface area (Å²) < 4.78 is 11.0. The van der Waals surface area contributed by atoms with Crippen molar-refractivity contribution in [3.05, 3.63) is 123 Å². The van der Waals surface area contributed by atoms with Crippen LogP contribution in [0.5, 0.6) is 5.75 Å². The van der Waals surface area contributed by atoms with Gasteiger partial charge in [0.25, 0.3) is 0 Å². The van der Waals surface area contributed by atoms with Crippen LogP contribution in [0, 0.1) is 0 Å². The molecule has 6 aromatic rings. The number of nitrogens with zero attached hydrogens (tertiary/aromatic N) is 1. The van der Waals surface area contributed by atoms with Gasteiger partial charge in [0.1, 0.15) is 5.75 Å². The lowest BCUT2D eigenvalue weighted by molar-refractivity contribution is 0.304. The van der Waals surface area contributed by atoms with Gasteiger partial charge in [-0.3, -0.25) is 0 Å². The number of unbranched alkanes of at least 4 members (excludes halogenated alkanes) is 10. The average molecular weight is 806 g/mol. The fourth-order valence-corrected chi connectivity index (χ4v) is 9.22. The zero-order valence-corrected chi connectivity index (χ0v) is 33.5. The molecule has 1 atom stereocenters. The Hall–Kier alpha value is -3.34. The highest BCUT2D eigenvalue weighted by atomic mass is 79.9. The van der Waals surface area contributed by atoms with E-state index < -0.39 is 0 Å². The molecule has 4 heteroatoms. The lowest BCUT2D eigenvalue weighted by Gasteiger charge is -2.20. The summed E-state index contributed by atoms with van der Waals surface area (Å²) in [6, 6.07) is 36.4. The molecule has 5 aromatic carbocycles. The van der Waals surface area contributed by atoms with E-state index in [1.807, 2.05) is 0 Å². The van der Waals surface area contributed by atoms with Gasteiger partial charge in [-0.15, -0.1) is 0 Å². The average Bonchev–Trinajstić information content (AvgIpc) is 3.64. The Morgan fingerprint density at radius 2 is 1.29 bits per heavy atom. The number of ether oxygens (including phenoxy) is 1. The number of hydrogen-bond acceptors (Lipinski definition) is 1. The first kappa shape index (κ1) is 36.0. The van der Waals surface area contributed by atoms with E-state index in [4.69, 9.17) is 4.74 Å². The molecule has 1 heterocycles. The molecule has 0 N–H and O–H groups in total. The van der Waals surface area contributed by atoms with Gasteiger partial charge >= 0.3 is 0 Å². The van der Waals surface area contributed by atoms with Gasteiger partial charge in [0, 0.05) is 48.8 Å². The van der Waals surface area contributed by atoms with Crippen LogP contribution in [0.1, 0.15) is 114 Å². The van der Waals surface area contributed by atoms with E-state index in [0.29, 0.717) is 0 Å². The van der Waals surface area contributed by atoms with E-state index in [2.05, 4.69) is 147 Å². The van der Waals surface area contributed by atoms with Crippen LogP contribution < -0.4 is 4.74 Å². The third-order valence-electron chi connectivity index (χ3n) is 10.9. The molecule has 0 fully saturated rings. The van der Waals surface area contributed by atoms with Gasteiger partial charge in [0.05, 0.1) is 6.61 Å². The van der Waals surface area contributed by atoms with Crippen LogP contribution in [-0.4, -0.2) is 11.2 Å². The van der Waals surface area contributed by atoms with Gasteiger partial charge in [-0.2, -0.15) is 0 Å². The van der Waals surface area contributed by atoms with E-state index in [9.17, 15) is 0 Å². The van der Waals surface area contributed by atoms with Crippen LogP contribution in [0.25, 0.3) is 44.1 Å². The minimum absolute atomic E-state index is 0.109. The number of aryl methyl sites for hydroxylation is 1. The number of aromatic nitrogens is 1. The second-order valence-corrected chi connectivity index (χ2v) is 16.2. The molecule has 0 saturated heterocycles. The minimum Gasteiger partial charge on any atom is -0.494 e. The predicted octanol–water partition coefficient (Wildman–Crippen LogP) is 15.2. The fraction of sp³-hybridized carbons (Fsp3) is 0.362. The summed E-state index contributed by atoms with van der Waals surface area (Å²) in [5.41, 5.74) is 11.8. The van der Waals surface area contributed by atoms with Crippen molar-refractivity contribution < 1.29 is 4.74 Å². The second kappa shape index (κ2) is 17.0. The first-order valence-corrected chi connectivity index (χ1v) is 21.0. The van der Waals surface area contributed by atoms with Crippen molar-refractivity contribution >= 4 is 53.7 Å². The minimum atomic E-state index is 0.109. The maximum Gasteiger partial charge on any atom is 0.119 e. The Morgan fingerprint density at radius 1 is 0.608 bits per heavy atom. The number of benzene rings is 5. The van der Waals surface area contributed by atoms with E-state index in [1.54, 1.807) is 0 Å². The maximum atomic E-state index is 6.21. The van der Waals surface area contributed by atoms with E-state index in [1.165, 1.54) is 131 Å². The number of rotatable bonds is 17. The van der Waals surface area contributed by atoms with Gasteiger partial charge in [-0.25, -0.2) is 0 Å². The van der Waals surface area contributed by atoms with Crippen LogP contribution in [0.15, 0.2) is 106 Å². The summed E-state index contributed by atoms with van der Waals surface area (Å²) in [5, 5.41) is 2.67. The first-order chi connectivity index (χ1) is 25.1. The standard InChI is InChI=1S/C47H51Br2NO/c1-3-5-7-9-11-15-29-50-43-18-14-13-17-38(43)40-31-34(21-28-44(40)50)46-42(49)27-26-39-37-25-22-35(48)32-41(37)45(47(39)46)33-19-23-36(24-20-33)51-30-16-12-10-8-6-4-2/h13-14,17-28,31-32,45H,3-12,15-16,29-30H2,1-2H3. The highest BCUT2D eigenvalue weighted by Gasteiger charge is 2.34. The lowest BCUT2D eigenvalue weighted by Crippen LogP contribution is -2.03. The van der Waals surface area contributed by atoms with Crippen LogP contribution >= 0.6 is 31.9 Å². The zero-order valence-electron chi connectivity index (χ0n) is 30.3. The smallest absolute Gasteiger partial charge is 0.119 e. The lowest BCUT2D eigenvalue weighted by atomic mass is 9.84. The number of halogens is 2. The molecule has 1 aromatic heterocycles. The molecule has 1 aliphatic rings. The molecular formula is C47H51Br2NO. The van der Waals surface area contributed by atoms with Crippen molar-refractivity contribution in [1.82, 2.24) is 4.57 Å². The normalized spacial score (nSPS) is 13.6. The molecular weight excluding hydrogens is 754 g/mol. The zero-order chi connectivity index (χ0) is 35.2. The third kappa shape index (κ3) is 7.74. The third-order valence-corrected chi connectivity index (χ3v) is 12.0. The Kier molecular flexibility index (Phi) is 12.0. The molecule has 264 valence electrons. The molecule has 0 amide bonds. The Balaban J connectivity index is 1.23. The van der Waals surface area contributed by atoms with Crippen LogP contribution in [-0.2, 0) is 6.54 Å². The van der Waals surface area contributed by atoms with Crippen LogP contribution in [0.2, 0.25) is 0 Å². The van der Waals surface area contributed by atoms with Gasteiger partial charge in [-0.05, 0) is 94.8 Å². The molecule has 0 spiro atoms. The first-order valence-electron chi connectivity index (χ1n) is 19.4. The molecule has 51 heavy (non-hydrogen) atoms. The summed E-state index contributed by atoms with van der Waals surface area (Å²) in [4.78, 5) is 0. The highest BCUT2D eigenvalue weighted by molar-refractivity contribution is 9.10. The monoisotopic (exact) mass is 803 g/mol. The summed E-state index contributed by atoms with van der Waals surface area (Å²) in [6.45, 7) is 6.40. The molecule has 2 nitrogen and oxygen atoms in total. The van der Waals surface area contributed by atoms with Crippen molar-refractivity contribution in [2.24, 2.45) is 0 Å². The Bertz CT molecular complexity index is 2090. The molecule has 1 aliphatic carbocycles. The maximum absolute atomic E-state index is 6.21. The van der Waals surface area contributed by atoms with E-state index >= 15 is 0 Å². The van der Waals surface area contributed by atoms with Crippen molar-refractivity contribution in [2.75, 3.05) is 6.61 Å². The molecule has 0 bridgehead atoms. The van der Waals surface area contributed by atoms with Gasteiger partial charge < -0.3 is 9.30 Å². The quantitative estimate of drug-likeness (QED) is 0.0836. The molecule has 0 aliphatic heterocycles. The number of para-hydroxylation sites is 1. The van der Waals surface area contributed by atoms with Crippen LogP contribution in [0.4, 0.5) is 0 Å². The van der Waals surface area contributed by atoms with Gasteiger partial charge in [-0.1, -0.05) is 158 Å². The summed E-state index contributed by atoms with van der Waals surface area (Å²) in [5.74, 6) is 1.06. The van der Waals surface area contributed by atoms with Crippen molar-refractivity contribution in [3.8, 4) is 28.0 Å². The second-order valence-electron chi connectivity index (χ2n) is 14.4. The van der Waals surface area contributed by atoms with Crippen molar-refractivity contribution in [2.45, 2.75) is 103 Å². The topological polar surface area (TPSA) is 14.2 Å². The van der Waals surface area contributed by atoms with Gasteiger partial charge in [0.15, 0.2) is 0 Å². The fourth-order valence-electron chi connectivity index (χ4n) is 8.27. The number of hydrogen-bond donors (Lipinski definition) is 0. The summed E-state index contributed by atoms with van der Waals surface area (Å²) >= 11 is 7.87. The molecule has 1 unspecified atom stereocenters. The molecule has 7 rings (SSSR count). The summed E-state index contributed by atoms with van der Waals surface area (Å²) in [6.07, 6.45) is 15.4. The Morgan fingerprint density at radius 3 is 2.08 bits per heavy atom. The van der Waals surface area contributed by atoms with Gasteiger partial charge in [0.2, 0.25) is 0 Å². The van der Waals surface area contributed by atoms with Crippen molar-refractivity contribution in [1.29, 1.82) is 0 Å². The summed E-state index contributed by atoms with van der Waals surface area (Å²) in [7, 11) is 0. The highest BCUT2D eigenvalue weighted by Crippen LogP contribution is 2.54. The van der Waals surface area contributed by atoms with E-state index in [0.717, 1.165) is 34.3 Å².